The van der Waals surface area contributed by atoms with Crippen molar-refractivity contribution in [1.29, 1.82) is 0 Å². The highest BCUT2D eigenvalue weighted by Gasteiger charge is 2.06. The Morgan fingerprint density at radius 3 is 2.00 bits per heavy atom. The fraction of sp³-hybridized carbons (Fsp3) is 0.231. The molecule has 3 nitrogen and oxygen atoms in total. The molecule has 1 aromatic heterocycles. The third-order valence-electron chi connectivity index (χ3n) is 2.46. The van der Waals surface area contributed by atoms with Crippen LogP contribution < -0.4 is 9.47 Å². The van der Waals surface area contributed by atoms with Crippen molar-refractivity contribution in [3.8, 4) is 11.5 Å². The highest BCUT2D eigenvalue weighted by molar-refractivity contribution is 5.38. The molecule has 0 amide bonds. The van der Waals surface area contributed by atoms with Crippen molar-refractivity contribution in [2.45, 2.75) is 6.54 Å². The van der Waals surface area contributed by atoms with Crippen LogP contribution in [0.1, 0.15) is 5.56 Å². The van der Waals surface area contributed by atoms with Gasteiger partial charge in [0.2, 0.25) is 0 Å². The summed E-state index contributed by atoms with van der Waals surface area (Å²) in [5, 5.41) is 0. The Morgan fingerprint density at radius 1 is 0.938 bits per heavy atom. The van der Waals surface area contributed by atoms with Gasteiger partial charge in [0.1, 0.15) is 0 Å². The average molecular weight is 217 g/mol. The standard InChI is InChI=1S/C13H15NO2/c1-15-12-9-14(10-13(12)16-2)8-11-6-4-3-5-7-11/h3-7,9-10H,8H2,1-2H3. The number of hydrogen-bond acceptors (Lipinski definition) is 2. The van der Waals surface area contributed by atoms with E-state index in [2.05, 4.69) is 12.1 Å². The van der Waals surface area contributed by atoms with E-state index in [1.807, 2.05) is 35.2 Å². The maximum absolute atomic E-state index is 5.21. The Balaban J connectivity index is 2.19. The van der Waals surface area contributed by atoms with Crippen molar-refractivity contribution >= 4 is 0 Å². The summed E-state index contributed by atoms with van der Waals surface area (Å²) in [4.78, 5) is 0. The second-order valence-electron chi connectivity index (χ2n) is 3.55. The molecular weight excluding hydrogens is 202 g/mol. The highest BCUT2D eigenvalue weighted by Crippen LogP contribution is 2.27. The van der Waals surface area contributed by atoms with Gasteiger partial charge in [-0.15, -0.1) is 0 Å². The summed E-state index contributed by atoms with van der Waals surface area (Å²) in [6, 6.07) is 10.3. The van der Waals surface area contributed by atoms with Crippen molar-refractivity contribution < 1.29 is 9.47 Å². The molecule has 0 N–H and O–H groups in total. The molecule has 1 aromatic carbocycles. The monoisotopic (exact) mass is 217 g/mol. The van der Waals surface area contributed by atoms with E-state index in [1.54, 1.807) is 14.2 Å². The normalized spacial score (nSPS) is 10.1. The predicted molar refractivity (Wildman–Crippen MR) is 63.1 cm³/mol. The molecule has 2 aromatic rings. The Hall–Kier alpha value is -1.90. The molecule has 0 aliphatic carbocycles. The molecule has 0 unspecified atom stereocenters. The Morgan fingerprint density at radius 2 is 1.50 bits per heavy atom. The Labute approximate surface area is 95.2 Å². The first-order valence-corrected chi connectivity index (χ1v) is 5.15. The fourth-order valence-electron chi connectivity index (χ4n) is 1.66. The van der Waals surface area contributed by atoms with E-state index in [-0.39, 0.29) is 0 Å². The van der Waals surface area contributed by atoms with Gasteiger partial charge >= 0.3 is 0 Å². The molecule has 0 saturated heterocycles. The molecule has 0 spiro atoms. The summed E-state index contributed by atoms with van der Waals surface area (Å²) in [7, 11) is 3.29. The number of methoxy groups -OCH3 is 2. The molecule has 0 saturated carbocycles. The molecular formula is C13H15NO2. The zero-order valence-corrected chi connectivity index (χ0v) is 9.51. The van der Waals surface area contributed by atoms with Gasteiger partial charge in [0.15, 0.2) is 11.5 Å². The van der Waals surface area contributed by atoms with Crippen molar-refractivity contribution in [2.75, 3.05) is 14.2 Å². The first-order chi connectivity index (χ1) is 7.83. The summed E-state index contributed by atoms with van der Waals surface area (Å²) in [6.07, 6.45) is 3.87. The van der Waals surface area contributed by atoms with Crippen LogP contribution in [0.5, 0.6) is 11.5 Å². The van der Waals surface area contributed by atoms with Crippen molar-refractivity contribution in [1.82, 2.24) is 4.57 Å². The van der Waals surface area contributed by atoms with Crippen LogP contribution in [0, 0.1) is 0 Å². The number of nitrogens with zero attached hydrogens (tertiary/aromatic N) is 1. The van der Waals surface area contributed by atoms with Crippen LogP contribution >= 0.6 is 0 Å². The molecule has 16 heavy (non-hydrogen) atoms. The lowest BCUT2D eigenvalue weighted by Gasteiger charge is -2.01. The lowest BCUT2D eigenvalue weighted by Crippen LogP contribution is -1.95. The minimum Gasteiger partial charge on any atom is -0.491 e. The van der Waals surface area contributed by atoms with Crippen molar-refractivity contribution in [3.05, 3.63) is 48.3 Å². The van der Waals surface area contributed by atoms with Gasteiger partial charge in [0, 0.05) is 6.54 Å². The molecule has 0 atom stereocenters. The fourth-order valence-corrected chi connectivity index (χ4v) is 1.66. The van der Waals surface area contributed by atoms with E-state index in [1.165, 1.54) is 5.56 Å². The van der Waals surface area contributed by atoms with Crippen LogP contribution in [0.4, 0.5) is 0 Å². The van der Waals surface area contributed by atoms with E-state index in [0.717, 1.165) is 18.0 Å². The van der Waals surface area contributed by atoms with Crippen molar-refractivity contribution in [3.63, 3.8) is 0 Å². The quantitative estimate of drug-likeness (QED) is 0.785. The summed E-state index contributed by atoms with van der Waals surface area (Å²) < 4.78 is 12.5. The maximum atomic E-state index is 5.21. The molecule has 0 fully saturated rings. The average Bonchev–Trinajstić information content (AvgIpc) is 2.72. The van der Waals surface area contributed by atoms with Crippen molar-refractivity contribution in [2.24, 2.45) is 0 Å². The van der Waals surface area contributed by atoms with Crippen LogP contribution in [0.2, 0.25) is 0 Å². The first kappa shape index (κ1) is 10.6. The van der Waals surface area contributed by atoms with Gasteiger partial charge in [-0.3, -0.25) is 0 Å². The third-order valence-corrected chi connectivity index (χ3v) is 2.46. The van der Waals surface area contributed by atoms with Gasteiger partial charge in [-0.1, -0.05) is 30.3 Å². The molecule has 0 aliphatic heterocycles. The van der Waals surface area contributed by atoms with Gasteiger partial charge in [-0.2, -0.15) is 0 Å². The topological polar surface area (TPSA) is 23.4 Å². The second kappa shape index (κ2) is 4.75. The van der Waals surface area contributed by atoms with E-state index in [0.29, 0.717) is 0 Å². The number of benzene rings is 1. The minimum atomic E-state index is 0.762. The first-order valence-electron chi connectivity index (χ1n) is 5.15. The van der Waals surface area contributed by atoms with E-state index < -0.39 is 0 Å². The highest BCUT2D eigenvalue weighted by atomic mass is 16.5. The predicted octanol–water partition coefficient (Wildman–Crippen LogP) is 2.55. The van der Waals surface area contributed by atoms with E-state index >= 15 is 0 Å². The summed E-state index contributed by atoms with van der Waals surface area (Å²) in [5.74, 6) is 1.52. The molecule has 0 radical (unpaired) electrons. The molecule has 0 aliphatic rings. The Bertz CT molecular complexity index is 427. The molecule has 0 bridgehead atoms. The maximum Gasteiger partial charge on any atom is 0.178 e. The SMILES string of the molecule is COc1cn(Cc2ccccc2)cc1OC. The molecule has 84 valence electrons. The van der Waals surface area contributed by atoms with Crippen LogP contribution in [-0.4, -0.2) is 18.8 Å². The van der Waals surface area contributed by atoms with Crippen LogP contribution in [0.25, 0.3) is 0 Å². The Kier molecular flexibility index (Phi) is 3.15. The zero-order valence-electron chi connectivity index (χ0n) is 9.51. The summed E-state index contributed by atoms with van der Waals surface area (Å²) >= 11 is 0. The number of rotatable bonds is 4. The van der Waals surface area contributed by atoms with Gasteiger partial charge in [-0.25, -0.2) is 0 Å². The largest absolute Gasteiger partial charge is 0.491 e. The lowest BCUT2D eigenvalue weighted by atomic mass is 10.2. The van der Waals surface area contributed by atoms with Crippen LogP contribution in [-0.2, 0) is 6.54 Å². The van der Waals surface area contributed by atoms with Gasteiger partial charge < -0.3 is 14.0 Å². The molecule has 2 rings (SSSR count). The third kappa shape index (κ3) is 2.19. The van der Waals surface area contributed by atoms with Gasteiger partial charge in [0.05, 0.1) is 26.6 Å². The molecule has 1 heterocycles. The van der Waals surface area contributed by atoms with Gasteiger partial charge in [-0.05, 0) is 5.56 Å². The van der Waals surface area contributed by atoms with Crippen LogP contribution in [0.15, 0.2) is 42.7 Å². The van der Waals surface area contributed by atoms with E-state index in [4.69, 9.17) is 9.47 Å². The summed E-state index contributed by atoms with van der Waals surface area (Å²) in [6.45, 7) is 0.820. The second-order valence-corrected chi connectivity index (χ2v) is 3.55. The number of ether oxygens (including phenoxy) is 2. The minimum absolute atomic E-state index is 0.762. The van der Waals surface area contributed by atoms with E-state index in [9.17, 15) is 0 Å². The number of hydrogen-bond donors (Lipinski definition) is 0. The number of aromatic nitrogens is 1. The van der Waals surface area contributed by atoms with Crippen LogP contribution in [0.3, 0.4) is 0 Å². The zero-order chi connectivity index (χ0) is 11.4. The summed E-state index contributed by atoms with van der Waals surface area (Å²) in [5.41, 5.74) is 1.25. The smallest absolute Gasteiger partial charge is 0.178 e. The molecule has 3 heteroatoms. The van der Waals surface area contributed by atoms with Gasteiger partial charge in [0.25, 0.3) is 0 Å². The lowest BCUT2D eigenvalue weighted by molar-refractivity contribution is 0.358.